The normalized spacial score (nSPS) is 21.5. The lowest BCUT2D eigenvalue weighted by Gasteiger charge is -2.42. The molecule has 0 aromatic heterocycles. The average molecular weight is 383 g/mol. The van der Waals surface area contributed by atoms with E-state index in [0.29, 0.717) is 5.54 Å². The molecule has 1 heterocycles. The molecule has 82 valence electrons. The molecule has 0 atom stereocenters. The largest absolute Gasteiger partial charge is 0.314 e. The summed E-state index contributed by atoms with van der Waals surface area (Å²) in [6.45, 7) is 9.17. The van der Waals surface area contributed by atoms with Crippen LogP contribution in [0.2, 0.25) is 0 Å². The van der Waals surface area contributed by atoms with Crippen molar-refractivity contribution in [3.63, 3.8) is 0 Å². The molecule has 0 radical (unpaired) electrons. The molecule has 1 aliphatic heterocycles. The smallest absolute Gasteiger partial charge is 0.0278 e. The summed E-state index contributed by atoms with van der Waals surface area (Å²) in [5, 5.41) is 4.49. The van der Waals surface area contributed by atoms with Crippen LogP contribution in [-0.4, -0.2) is 41.9 Å². The first kappa shape index (κ1) is 16.8. The van der Waals surface area contributed by atoms with Crippen LogP contribution in [0, 0.1) is 0 Å². The van der Waals surface area contributed by atoms with Crippen molar-refractivity contribution in [2.45, 2.75) is 19.4 Å². The molecule has 0 aromatic carbocycles. The Labute approximate surface area is 110 Å². The fourth-order valence-corrected chi connectivity index (χ4v) is 1.97. The van der Waals surface area contributed by atoms with Crippen LogP contribution in [0.5, 0.6) is 0 Å². The minimum atomic E-state index is 0. The summed E-state index contributed by atoms with van der Waals surface area (Å²) in [4.78, 5) is 2.53. The summed E-state index contributed by atoms with van der Waals surface area (Å²) in [6, 6.07) is 0. The summed E-state index contributed by atoms with van der Waals surface area (Å²) < 4.78 is 0. The van der Waals surface area contributed by atoms with E-state index in [1.54, 1.807) is 0 Å². The molecule has 1 aliphatic rings. The first-order valence-electron chi connectivity index (χ1n) is 4.18. The Hall–Kier alpha value is 1.36. The van der Waals surface area contributed by atoms with Gasteiger partial charge in [0, 0.05) is 37.0 Å². The van der Waals surface area contributed by atoms with E-state index in [4.69, 9.17) is 0 Å². The van der Waals surface area contributed by atoms with Crippen LogP contribution in [0.3, 0.4) is 0 Å². The Morgan fingerprint density at radius 1 is 1.38 bits per heavy atom. The second-order valence-electron chi connectivity index (χ2n) is 3.67. The number of hydrogen-bond acceptors (Lipinski definition) is 2. The third kappa shape index (κ3) is 5.11. The van der Waals surface area contributed by atoms with E-state index in [-0.39, 0.29) is 34.0 Å². The number of nitrogens with zero attached hydrogens (tertiary/aromatic N) is 1. The van der Waals surface area contributed by atoms with Crippen LogP contribution >= 0.6 is 49.9 Å². The Balaban J connectivity index is 0. The average Bonchev–Trinajstić information content (AvgIpc) is 1.94. The van der Waals surface area contributed by atoms with Crippen molar-refractivity contribution in [2.75, 3.05) is 31.5 Å². The van der Waals surface area contributed by atoms with Gasteiger partial charge in [0.1, 0.15) is 0 Å². The van der Waals surface area contributed by atoms with Crippen LogP contribution in [0.1, 0.15) is 13.8 Å². The highest BCUT2D eigenvalue weighted by molar-refractivity contribution is 9.09. The number of alkyl halides is 1. The molecule has 0 amide bonds. The molecule has 0 bridgehead atoms. The first-order chi connectivity index (χ1) is 5.17. The lowest BCUT2D eigenvalue weighted by molar-refractivity contribution is 0.0989. The van der Waals surface area contributed by atoms with Crippen LogP contribution in [-0.2, 0) is 0 Å². The topological polar surface area (TPSA) is 15.3 Å². The monoisotopic (exact) mass is 380 g/mol. The zero-order chi connectivity index (χ0) is 8.32. The molecule has 1 rings (SSSR count). The van der Waals surface area contributed by atoms with Crippen LogP contribution in [0.4, 0.5) is 0 Å². The van der Waals surface area contributed by atoms with Gasteiger partial charge in [0.15, 0.2) is 0 Å². The van der Waals surface area contributed by atoms with Gasteiger partial charge in [0.05, 0.1) is 0 Å². The predicted molar refractivity (Wildman–Crippen MR) is 73.0 cm³/mol. The molecule has 0 unspecified atom stereocenters. The van der Waals surface area contributed by atoms with E-state index in [1.807, 2.05) is 0 Å². The van der Waals surface area contributed by atoms with Gasteiger partial charge < -0.3 is 5.32 Å². The minimum absolute atomic E-state index is 0. The third-order valence-electron chi connectivity index (χ3n) is 2.33. The van der Waals surface area contributed by atoms with Crippen LogP contribution in [0.25, 0.3) is 0 Å². The van der Waals surface area contributed by atoms with Crippen molar-refractivity contribution in [1.29, 1.82) is 0 Å². The Bertz CT molecular complexity index is 129. The van der Waals surface area contributed by atoms with Gasteiger partial charge in [-0.3, -0.25) is 4.90 Å². The molecule has 0 saturated carbocycles. The quantitative estimate of drug-likeness (QED) is 0.737. The van der Waals surface area contributed by atoms with Gasteiger partial charge in [-0.2, -0.15) is 0 Å². The highest BCUT2D eigenvalue weighted by atomic mass is 79.9. The second-order valence-corrected chi connectivity index (χ2v) is 4.46. The molecule has 1 N–H and O–H groups in total. The number of piperazine rings is 1. The second kappa shape index (κ2) is 7.63. The molecule has 13 heavy (non-hydrogen) atoms. The first-order valence-corrected chi connectivity index (χ1v) is 5.31. The van der Waals surface area contributed by atoms with Crippen molar-refractivity contribution in [2.24, 2.45) is 0 Å². The lowest BCUT2D eigenvalue weighted by atomic mass is 10.0. The summed E-state index contributed by atoms with van der Waals surface area (Å²) in [5.41, 5.74) is 0.339. The highest BCUT2D eigenvalue weighted by Crippen LogP contribution is 2.15. The molecular formula is C8H19Br3N2. The standard InChI is InChI=1S/C8H17BrN2.2BrH/c1-8(2)7-10-4-6-11(8)5-3-9;;/h10H,3-7H2,1-2H3;2*1H. The SMILES string of the molecule is Br.Br.CC1(C)CNCCN1CCBr. The van der Waals surface area contributed by atoms with E-state index in [9.17, 15) is 0 Å². The lowest BCUT2D eigenvalue weighted by Crippen LogP contribution is -2.58. The fourth-order valence-electron chi connectivity index (χ4n) is 1.54. The summed E-state index contributed by atoms with van der Waals surface area (Å²) in [5.74, 6) is 0. The molecule has 1 fully saturated rings. The van der Waals surface area contributed by atoms with Crippen LogP contribution < -0.4 is 5.32 Å². The molecule has 0 aromatic rings. The number of rotatable bonds is 2. The predicted octanol–water partition coefficient (Wildman–Crippen LogP) is 2.22. The van der Waals surface area contributed by atoms with Crippen molar-refractivity contribution in [3.05, 3.63) is 0 Å². The van der Waals surface area contributed by atoms with E-state index in [0.717, 1.165) is 25.0 Å². The molecule has 1 saturated heterocycles. The van der Waals surface area contributed by atoms with Gasteiger partial charge in [0.2, 0.25) is 0 Å². The molecular weight excluding hydrogens is 364 g/mol. The maximum absolute atomic E-state index is 3.47. The van der Waals surface area contributed by atoms with Gasteiger partial charge >= 0.3 is 0 Å². The van der Waals surface area contributed by atoms with Crippen LogP contribution in [0.15, 0.2) is 0 Å². The summed E-state index contributed by atoms with van der Waals surface area (Å²) in [7, 11) is 0. The van der Waals surface area contributed by atoms with E-state index in [1.165, 1.54) is 6.54 Å². The fraction of sp³-hybridized carbons (Fsp3) is 1.00. The van der Waals surface area contributed by atoms with Crippen molar-refractivity contribution < 1.29 is 0 Å². The highest BCUT2D eigenvalue weighted by Gasteiger charge is 2.28. The number of hydrogen-bond donors (Lipinski definition) is 1. The van der Waals surface area contributed by atoms with Crippen molar-refractivity contribution >= 4 is 49.9 Å². The zero-order valence-electron chi connectivity index (χ0n) is 8.18. The zero-order valence-corrected chi connectivity index (χ0v) is 13.2. The molecule has 2 nitrogen and oxygen atoms in total. The summed E-state index contributed by atoms with van der Waals surface area (Å²) in [6.07, 6.45) is 0. The van der Waals surface area contributed by atoms with Gasteiger partial charge in [-0.05, 0) is 13.8 Å². The van der Waals surface area contributed by atoms with Gasteiger partial charge in [-0.15, -0.1) is 34.0 Å². The molecule has 0 spiro atoms. The Morgan fingerprint density at radius 3 is 2.46 bits per heavy atom. The molecule has 5 heteroatoms. The molecule has 0 aliphatic carbocycles. The maximum atomic E-state index is 3.47. The Morgan fingerprint density at radius 2 is 2.00 bits per heavy atom. The minimum Gasteiger partial charge on any atom is -0.314 e. The van der Waals surface area contributed by atoms with E-state index >= 15 is 0 Å². The number of halogens is 3. The van der Waals surface area contributed by atoms with Gasteiger partial charge in [0.25, 0.3) is 0 Å². The van der Waals surface area contributed by atoms with Crippen molar-refractivity contribution in [3.8, 4) is 0 Å². The maximum Gasteiger partial charge on any atom is 0.0278 e. The van der Waals surface area contributed by atoms with Gasteiger partial charge in [-0.1, -0.05) is 15.9 Å². The van der Waals surface area contributed by atoms with Gasteiger partial charge in [-0.25, -0.2) is 0 Å². The Kier molecular flexibility index (Phi) is 9.84. The van der Waals surface area contributed by atoms with Crippen molar-refractivity contribution in [1.82, 2.24) is 10.2 Å². The van der Waals surface area contributed by atoms with E-state index < -0.39 is 0 Å². The summed E-state index contributed by atoms with van der Waals surface area (Å²) >= 11 is 3.47. The number of nitrogens with one attached hydrogen (secondary N) is 1. The van der Waals surface area contributed by atoms with E-state index in [2.05, 4.69) is 40.0 Å². The third-order valence-corrected chi connectivity index (χ3v) is 2.68.